The fourth-order valence-electron chi connectivity index (χ4n) is 4.40. The molecule has 176 valence electrons. The van der Waals surface area contributed by atoms with Gasteiger partial charge in [-0.05, 0) is 49.2 Å². The van der Waals surface area contributed by atoms with Gasteiger partial charge in [-0.1, -0.05) is 12.1 Å². The van der Waals surface area contributed by atoms with Crippen LogP contribution in [-0.4, -0.2) is 74.8 Å². The van der Waals surface area contributed by atoms with E-state index in [1.165, 1.54) is 32.9 Å². The first kappa shape index (κ1) is 22.5. The summed E-state index contributed by atoms with van der Waals surface area (Å²) in [6.45, 7) is 2.08. The number of morpholine rings is 1. The molecule has 1 aromatic heterocycles. The monoisotopic (exact) mass is 490 g/mol. The zero-order chi connectivity index (χ0) is 23.1. The van der Waals surface area contributed by atoms with E-state index in [1.807, 2.05) is 24.3 Å². The summed E-state index contributed by atoms with van der Waals surface area (Å²) < 4.78 is 59.9. The number of ether oxygens (including phenoxy) is 1. The van der Waals surface area contributed by atoms with Crippen molar-refractivity contribution in [1.29, 1.82) is 0 Å². The lowest BCUT2D eigenvalue weighted by atomic mass is 9.97. The number of imidazole rings is 1. The van der Waals surface area contributed by atoms with Crippen LogP contribution in [0.1, 0.15) is 24.6 Å². The number of aromatic amines is 1. The van der Waals surface area contributed by atoms with Crippen molar-refractivity contribution in [3.63, 3.8) is 0 Å². The average Bonchev–Trinajstić information content (AvgIpc) is 3.29. The van der Waals surface area contributed by atoms with Gasteiger partial charge in [0.05, 0.1) is 34.0 Å². The number of aromatic nitrogens is 2. The minimum Gasteiger partial charge on any atom is -0.379 e. The van der Waals surface area contributed by atoms with Crippen LogP contribution in [0.25, 0.3) is 11.0 Å². The Labute approximate surface area is 193 Å². The number of hydrogen-bond acceptors (Lipinski definition) is 6. The Morgan fingerprint density at radius 3 is 1.91 bits per heavy atom. The maximum atomic E-state index is 13.2. The van der Waals surface area contributed by atoms with Gasteiger partial charge in [0.1, 0.15) is 5.82 Å². The van der Waals surface area contributed by atoms with E-state index in [2.05, 4.69) is 9.97 Å². The SMILES string of the molecule is O=S(=O)(c1ccc(S(=O)(=O)N2CCC(c3nc4ccccc4[nH]3)CC2)cc1)N1CCOCC1. The van der Waals surface area contributed by atoms with Crippen molar-refractivity contribution in [3.8, 4) is 0 Å². The molecule has 0 atom stereocenters. The molecule has 2 aliphatic heterocycles. The standard InChI is InChI=1S/C22H26N4O5S2/c27-32(28,18-5-7-19(8-6-18)33(29,30)26-13-15-31-16-14-26)25-11-9-17(10-12-25)22-23-20-3-1-2-4-21(20)24-22/h1-8,17H,9-16H2,(H,23,24). The van der Waals surface area contributed by atoms with Gasteiger partial charge in [0.15, 0.2) is 0 Å². The van der Waals surface area contributed by atoms with Crippen molar-refractivity contribution in [2.24, 2.45) is 0 Å². The molecule has 3 heterocycles. The van der Waals surface area contributed by atoms with Crippen molar-refractivity contribution in [2.75, 3.05) is 39.4 Å². The van der Waals surface area contributed by atoms with Crippen LogP contribution in [-0.2, 0) is 24.8 Å². The molecule has 0 saturated carbocycles. The van der Waals surface area contributed by atoms with E-state index in [0.717, 1.165) is 16.9 Å². The Bertz CT molecular complexity index is 1310. The summed E-state index contributed by atoms with van der Waals surface area (Å²) in [4.78, 5) is 8.20. The first-order valence-corrected chi connectivity index (χ1v) is 13.9. The summed E-state index contributed by atoms with van der Waals surface area (Å²) in [6, 6.07) is 13.3. The molecule has 0 unspecified atom stereocenters. The summed E-state index contributed by atoms with van der Waals surface area (Å²) in [6.07, 6.45) is 1.34. The smallest absolute Gasteiger partial charge is 0.243 e. The zero-order valence-electron chi connectivity index (χ0n) is 18.1. The van der Waals surface area contributed by atoms with E-state index < -0.39 is 20.0 Å². The van der Waals surface area contributed by atoms with Crippen LogP contribution >= 0.6 is 0 Å². The molecule has 0 spiro atoms. The van der Waals surface area contributed by atoms with Crippen molar-refractivity contribution >= 4 is 31.1 Å². The molecule has 3 aromatic rings. The Morgan fingerprint density at radius 2 is 1.33 bits per heavy atom. The van der Waals surface area contributed by atoms with E-state index in [-0.39, 0.29) is 15.7 Å². The highest BCUT2D eigenvalue weighted by atomic mass is 32.2. The van der Waals surface area contributed by atoms with Crippen molar-refractivity contribution in [2.45, 2.75) is 28.6 Å². The summed E-state index contributed by atoms with van der Waals surface area (Å²) in [5.41, 5.74) is 1.89. The largest absolute Gasteiger partial charge is 0.379 e. The number of fused-ring (bicyclic) bond motifs is 1. The number of benzene rings is 2. The topological polar surface area (TPSA) is 113 Å². The summed E-state index contributed by atoms with van der Waals surface area (Å²) in [5, 5.41) is 0. The first-order valence-electron chi connectivity index (χ1n) is 11.0. The summed E-state index contributed by atoms with van der Waals surface area (Å²) >= 11 is 0. The van der Waals surface area contributed by atoms with Crippen LogP contribution in [0.2, 0.25) is 0 Å². The second-order valence-electron chi connectivity index (χ2n) is 8.31. The Balaban J connectivity index is 1.28. The molecule has 0 bridgehead atoms. The minimum absolute atomic E-state index is 0.0898. The van der Waals surface area contributed by atoms with Crippen molar-refractivity contribution in [3.05, 3.63) is 54.4 Å². The van der Waals surface area contributed by atoms with Gasteiger partial charge in [0.2, 0.25) is 20.0 Å². The zero-order valence-corrected chi connectivity index (χ0v) is 19.7. The lowest BCUT2D eigenvalue weighted by Gasteiger charge is -2.30. The quantitative estimate of drug-likeness (QED) is 0.586. The van der Waals surface area contributed by atoms with Crippen LogP contribution < -0.4 is 0 Å². The van der Waals surface area contributed by atoms with Gasteiger partial charge in [-0.3, -0.25) is 0 Å². The number of nitrogens with zero attached hydrogens (tertiary/aromatic N) is 3. The third kappa shape index (κ3) is 4.31. The molecule has 2 aromatic carbocycles. The second-order valence-corrected chi connectivity index (χ2v) is 12.2. The number of H-pyrrole nitrogens is 1. The molecule has 2 saturated heterocycles. The van der Waals surface area contributed by atoms with E-state index in [0.29, 0.717) is 52.2 Å². The van der Waals surface area contributed by atoms with Crippen LogP contribution in [0.15, 0.2) is 58.3 Å². The van der Waals surface area contributed by atoms with E-state index in [9.17, 15) is 16.8 Å². The number of nitrogens with one attached hydrogen (secondary N) is 1. The molecule has 5 rings (SSSR count). The number of piperidine rings is 1. The molecule has 33 heavy (non-hydrogen) atoms. The van der Waals surface area contributed by atoms with Gasteiger partial charge in [0, 0.05) is 32.1 Å². The second kappa shape index (κ2) is 8.80. The van der Waals surface area contributed by atoms with Crippen LogP contribution in [0.3, 0.4) is 0 Å². The van der Waals surface area contributed by atoms with E-state index in [1.54, 1.807) is 0 Å². The van der Waals surface area contributed by atoms with E-state index in [4.69, 9.17) is 4.74 Å². The molecule has 11 heteroatoms. The van der Waals surface area contributed by atoms with Gasteiger partial charge >= 0.3 is 0 Å². The predicted molar refractivity (Wildman–Crippen MR) is 123 cm³/mol. The van der Waals surface area contributed by atoms with Gasteiger partial charge in [-0.25, -0.2) is 21.8 Å². The molecule has 9 nitrogen and oxygen atoms in total. The van der Waals surface area contributed by atoms with Crippen LogP contribution in [0.4, 0.5) is 0 Å². The maximum absolute atomic E-state index is 13.2. The highest BCUT2D eigenvalue weighted by molar-refractivity contribution is 7.89. The van der Waals surface area contributed by atoms with Crippen molar-refractivity contribution < 1.29 is 21.6 Å². The number of para-hydroxylation sites is 2. The Hall–Kier alpha value is -2.31. The minimum atomic E-state index is -3.71. The third-order valence-corrected chi connectivity index (χ3v) is 10.1. The molecular weight excluding hydrogens is 464 g/mol. The molecule has 0 aliphatic carbocycles. The molecule has 2 aliphatic rings. The van der Waals surface area contributed by atoms with Crippen molar-refractivity contribution in [1.82, 2.24) is 18.6 Å². The van der Waals surface area contributed by atoms with Crippen LogP contribution in [0, 0.1) is 0 Å². The fraction of sp³-hybridized carbons (Fsp3) is 0.409. The molecule has 2 fully saturated rings. The summed E-state index contributed by atoms with van der Waals surface area (Å²) in [7, 11) is -7.37. The maximum Gasteiger partial charge on any atom is 0.243 e. The third-order valence-electron chi connectivity index (χ3n) is 6.32. The summed E-state index contributed by atoms with van der Waals surface area (Å²) in [5.74, 6) is 1.07. The number of rotatable bonds is 5. The highest BCUT2D eigenvalue weighted by Gasteiger charge is 2.32. The highest BCUT2D eigenvalue weighted by Crippen LogP contribution is 2.31. The first-order chi connectivity index (χ1) is 15.9. The average molecular weight is 491 g/mol. The molecular formula is C22H26N4O5S2. The molecule has 0 radical (unpaired) electrons. The number of sulfonamides is 2. The van der Waals surface area contributed by atoms with Gasteiger partial charge in [-0.2, -0.15) is 8.61 Å². The fourth-order valence-corrected chi connectivity index (χ4v) is 7.28. The predicted octanol–water partition coefficient (Wildman–Crippen LogP) is 2.15. The van der Waals surface area contributed by atoms with Crippen LogP contribution in [0.5, 0.6) is 0 Å². The Kier molecular flexibility index (Phi) is 6.00. The van der Waals surface area contributed by atoms with Gasteiger partial charge in [-0.15, -0.1) is 0 Å². The normalized spacial score (nSPS) is 19.8. The lowest BCUT2D eigenvalue weighted by molar-refractivity contribution is 0.0730. The Morgan fingerprint density at radius 1 is 0.788 bits per heavy atom. The van der Waals surface area contributed by atoms with Gasteiger partial charge < -0.3 is 9.72 Å². The number of hydrogen-bond donors (Lipinski definition) is 1. The van der Waals surface area contributed by atoms with E-state index >= 15 is 0 Å². The lowest BCUT2D eigenvalue weighted by Crippen LogP contribution is -2.40. The molecule has 0 amide bonds. The molecule has 1 N–H and O–H groups in total. The van der Waals surface area contributed by atoms with Gasteiger partial charge in [0.25, 0.3) is 0 Å².